The van der Waals surface area contributed by atoms with E-state index in [2.05, 4.69) is 25.8 Å². The minimum Gasteiger partial charge on any atom is -0.362 e. The minimum absolute atomic E-state index is 0.0834. The van der Waals surface area contributed by atoms with E-state index in [-0.39, 0.29) is 11.9 Å². The molecule has 2 aliphatic rings. The summed E-state index contributed by atoms with van der Waals surface area (Å²) < 4.78 is 4.71. The van der Waals surface area contributed by atoms with Gasteiger partial charge in [0, 0.05) is 37.3 Å². The molecular weight excluding hydrogens is 406 g/mol. The van der Waals surface area contributed by atoms with Crippen LogP contribution in [0.25, 0.3) is 11.0 Å². The number of aromatic nitrogens is 4. The summed E-state index contributed by atoms with van der Waals surface area (Å²) in [4.78, 5) is 24.4. The molecule has 0 spiro atoms. The maximum absolute atomic E-state index is 12.7. The van der Waals surface area contributed by atoms with Gasteiger partial charge in [-0.2, -0.15) is 4.98 Å². The summed E-state index contributed by atoms with van der Waals surface area (Å²) in [6.07, 6.45) is 8.27. The zero-order valence-corrected chi connectivity index (χ0v) is 18.6. The van der Waals surface area contributed by atoms with Gasteiger partial charge in [-0.25, -0.2) is 9.61 Å². The van der Waals surface area contributed by atoms with Gasteiger partial charge in [0.25, 0.3) is 5.91 Å². The highest BCUT2D eigenvalue weighted by atomic mass is 16.6. The first-order valence-corrected chi connectivity index (χ1v) is 11.4. The van der Waals surface area contributed by atoms with E-state index < -0.39 is 0 Å². The van der Waals surface area contributed by atoms with E-state index in [1.54, 1.807) is 18.2 Å². The number of benzene rings is 1. The van der Waals surface area contributed by atoms with Crippen molar-refractivity contribution in [1.29, 1.82) is 0 Å². The summed E-state index contributed by atoms with van der Waals surface area (Å²) in [5.74, 6) is 1.69. The molecule has 0 bridgehead atoms. The average molecular weight is 436 g/mol. The van der Waals surface area contributed by atoms with Gasteiger partial charge in [-0.1, -0.05) is 0 Å². The van der Waals surface area contributed by atoms with Gasteiger partial charge in [0.05, 0.1) is 5.69 Å². The van der Waals surface area contributed by atoms with Crippen molar-refractivity contribution in [3.8, 4) is 0 Å². The lowest BCUT2D eigenvalue weighted by Gasteiger charge is -2.30. The number of rotatable bonds is 5. The van der Waals surface area contributed by atoms with Crippen LogP contribution in [-0.2, 0) is 12.8 Å². The monoisotopic (exact) mass is 435 g/mol. The second-order valence-corrected chi connectivity index (χ2v) is 9.03. The van der Waals surface area contributed by atoms with E-state index >= 15 is 0 Å². The van der Waals surface area contributed by atoms with Crippen LogP contribution in [-0.4, -0.2) is 52.4 Å². The Morgan fingerprint density at radius 3 is 2.56 bits per heavy atom. The number of hydrogen-bond donors (Lipinski definition) is 2. The van der Waals surface area contributed by atoms with E-state index in [0.717, 1.165) is 50.3 Å². The van der Waals surface area contributed by atoms with Crippen LogP contribution in [0, 0.1) is 0 Å². The highest BCUT2D eigenvalue weighted by Gasteiger charge is 2.25. The fourth-order valence-electron chi connectivity index (χ4n) is 4.77. The summed E-state index contributed by atoms with van der Waals surface area (Å²) in [6, 6.07) is 5.70. The molecule has 9 heteroatoms. The van der Waals surface area contributed by atoms with Crippen molar-refractivity contribution in [3.05, 3.63) is 35.0 Å². The molecule has 5 rings (SSSR count). The smallest absolute Gasteiger partial charge is 0.251 e. The van der Waals surface area contributed by atoms with Crippen molar-refractivity contribution < 1.29 is 9.42 Å². The third-order valence-corrected chi connectivity index (χ3v) is 6.50. The third-order valence-electron chi connectivity index (χ3n) is 6.50. The van der Waals surface area contributed by atoms with Gasteiger partial charge in [-0.3, -0.25) is 4.79 Å². The number of amides is 1. The molecule has 0 atom stereocenters. The molecule has 0 aliphatic heterocycles. The van der Waals surface area contributed by atoms with Gasteiger partial charge in [0.1, 0.15) is 16.9 Å². The number of aryl methyl sites for hydroxylation is 1. The standard InChI is InChI=1S/C23H29N7O2/c1-30(2)21-17-5-3-4-6-18(17)26-23(27-21)25-16-10-8-15(9-11-16)24-22(31)14-7-12-19-20(13-14)29-32-28-19/h7,12-13,15-16H,3-6,8-11H2,1-2H3,(H,24,31)(H,25,26,27). The van der Waals surface area contributed by atoms with Crippen LogP contribution < -0.4 is 15.5 Å². The van der Waals surface area contributed by atoms with Gasteiger partial charge in [0.2, 0.25) is 5.95 Å². The van der Waals surface area contributed by atoms with Crippen molar-refractivity contribution >= 4 is 28.7 Å². The van der Waals surface area contributed by atoms with Crippen LogP contribution >= 0.6 is 0 Å². The fraction of sp³-hybridized carbons (Fsp3) is 0.522. The Kier molecular flexibility index (Phi) is 5.63. The summed E-state index contributed by atoms with van der Waals surface area (Å²) in [6.45, 7) is 0. The van der Waals surface area contributed by atoms with Crippen molar-refractivity contribution in [3.63, 3.8) is 0 Å². The Balaban J connectivity index is 1.19. The van der Waals surface area contributed by atoms with Crippen molar-refractivity contribution in [2.24, 2.45) is 0 Å². The van der Waals surface area contributed by atoms with E-state index in [1.807, 2.05) is 14.1 Å². The third kappa shape index (κ3) is 4.24. The van der Waals surface area contributed by atoms with Crippen LogP contribution in [0.5, 0.6) is 0 Å². The SMILES string of the molecule is CN(C)c1nc(NC2CCC(NC(=O)c3ccc4nonc4c3)CC2)nc2c1CCCC2. The second kappa shape index (κ2) is 8.72. The molecule has 1 fully saturated rings. The van der Waals surface area contributed by atoms with Crippen molar-refractivity contribution in [1.82, 2.24) is 25.6 Å². The first kappa shape index (κ1) is 20.7. The largest absolute Gasteiger partial charge is 0.362 e. The molecule has 9 nitrogen and oxygen atoms in total. The summed E-state index contributed by atoms with van der Waals surface area (Å²) in [5.41, 5.74) is 4.31. The minimum atomic E-state index is -0.0834. The molecule has 2 heterocycles. The molecule has 2 N–H and O–H groups in total. The van der Waals surface area contributed by atoms with Gasteiger partial charge in [-0.05, 0) is 79.9 Å². The molecule has 32 heavy (non-hydrogen) atoms. The predicted octanol–water partition coefficient (Wildman–Crippen LogP) is 3.11. The van der Waals surface area contributed by atoms with Crippen LogP contribution in [0.2, 0.25) is 0 Å². The Morgan fingerprint density at radius 1 is 1.00 bits per heavy atom. The first-order valence-electron chi connectivity index (χ1n) is 11.4. The summed E-state index contributed by atoms with van der Waals surface area (Å²) in [7, 11) is 4.09. The number of nitrogens with zero attached hydrogens (tertiary/aromatic N) is 5. The number of carbonyl (C=O) groups excluding carboxylic acids is 1. The van der Waals surface area contributed by atoms with E-state index in [9.17, 15) is 4.79 Å². The first-order chi connectivity index (χ1) is 15.6. The predicted molar refractivity (Wildman–Crippen MR) is 122 cm³/mol. The number of hydrogen-bond acceptors (Lipinski definition) is 8. The lowest BCUT2D eigenvalue weighted by molar-refractivity contribution is 0.0926. The van der Waals surface area contributed by atoms with E-state index in [1.165, 1.54) is 24.1 Å². The molecule has 0 radical (unpaired) electrons. The highest BCUT2D eigenvalue weighted by Crippen LogP contribution is 2.29. The van der Waals surface area contributed by atoms with E-state index in [4.69, 9.17) is 14.6 Å². The number of anilines is 2. The molecule has 1 saturated carbocycles. The normalized spacial score (nSPS) is 20.6. The second-order valence-electron chi connectivity index (χ2n) is 9.03. The van der Waals surface area contributed by atoms with Crippen molar-refractivity contribution in [2.75, 3.05) is 24.3 Å². The zero-order valence-electron chi connectivity index (χ0n) is 18.6. The molecule has 0 unspecified atom stereocenters. The van der Waals surface area contributed by atoms with Gasteiger partial charge >= 0.3 is 0 Å². The fourth-order valence-corrected chi connectivity index (χ4v) is 4.77. The van der Waals surface area contributed by atoms with Crippen LogP contribution in [0.15, 0.2) is 22.8 Å². The van der Waals surface area contributed by atoms with Gasteiger partial charge < -0.3 is 15.5 Å². The molecular formula is C23H29N7O2. The zero-order chi connectivity index (χ0) is 22.1. The number of fused-ring (bicyclic) bond motifs is 2. The van der Waals surface area contributed by atoms with Gasteiger partial charge in [-0.15, -0.1) is 0 Å². The molecule has 0 saturated heterocycles. The van der Waals surface area contributed by atoms with E-state index in [0.29, 0.717) is 22.6 Å². The Hall–Kier alpha value is -3.23. The van der Waals surface area contributed by atoms with Crippen LogP contribution in [0.3, 0.4) is 0 Å². The van der Waals surface area contributed by atoms with Crippen LogP contribution in [0.4, 0.5) is 11.8 Å². The Bertz CT molecular complexity index is 1120. The topological polar surface area (TPSA) is 109 Å². The lowest BCUT2D eigenvalue weighted by Crippen LogP contribution is -2.40. The molecule has 168 valence electrons. The molecule has 1 aromatic carbocycles. The Morgan fingerprint density at radius 2 is 1.75 bits per heavy atom. The number of carbonyl (C=O) groups is 1. The lowest BCUT2D eigenvalue weighted by atomic mass is 9.91. The van der Waals surface area contributed by atoms with Gasteiger partial charge in [0.15, 0.2) is 0 Å². The Labute approximate surface area is 186 Å². The molecule has 2 aromatic heterocycles. The molecule has 2 aliphatic carbocycles. The van der Waals surface area contributed by atoms with Crippen LogP contribution in [0.1, 0.15) is 60.1 Å². The number of nitrogens with one attached hydrogen (secondary N) is 2. The summed E-state index contributed by atoms with van der Waals surface area (Å²) in [5, 5.41) is 14.3. The molecule has 3 aromatic rings. The summed E-state index contributed by atoms with van der Waals surface area (Å²) >= 11 is 0. The van der Waals surface area contributed by atoms with Crippen molar-refractivity contribution in [2.45, 2.75) is 63.5 Å². The molecule has 1 amide bonds. The average Bonchev–Trinajstić information content (AvgIpc) is 3.27. The maximum Gasteiger partial charge on any atom is 0.251 e. The highest BCUT2D eigenvalue weighted by molar-refractivity contribution is 5.97. The quantitative estimate of drug-likeness (QED) is 0.629. The maximum atomic E-state index is 12.7.